The van der Waals surface area contributed by atoms with Gasteiger partial charge in [-0.3, -0.25) is 9.80 Å². The molecule has 9 nitrogen and oxygen atoms in total. The number of carbonyl (C=O) groups is 1. The van der Waals surface area contributed by atoms with Gasteiger partial charge in [0.1, 0.15) is 24.9 Å². The number of hydrogen-bond donors (Lipinski definition) is 1. The Bertz CT molecular complexity index is 1340. The molecule has 4 aromatic rings. The molecule has 1 aromatic heterocycles. The van der Waals surface area contributed by atoms with Crippen LogP contribution in [0.5, 0.6) is 11.6 Å². The predicted molar refractivity (Wildman–Crippen MR) is 132 cm³/mol. The molecule has 0 spiro atoms. The van der Waals surface area contributed by atoms with Crippen LogP contribution in [0.4, 0.5) is 5.69 Å². The van der Waals surface area contributed by atoms with E-state index in [9.17, 15) is 4.79 Å². The fourth-order valence-corrected chi connectivity index (χ4v) is 3.73. The van der Waals surface area contributed by atoms with Crippen molar-refractivity contribution in [1.29, 1.82) is 0 Å². The molecule has 1 N–H and O–H groups in total. The smallest absolute Gasteiger partial charge is 0.245 e. The number of hydrogen-bond acceptors (Lipinski definition) is 8. The van der Waals surface area contributed by atoms with E-state index >= 15 is 0 Å². The summed E-state index contributed by atoms with van der Waals surface area (Å²) < 4.78 is 11.3. The number of carbonyl (C=O) groups excluding carboxylic acids is 1. The third-order valence-corrected chi connectivity index (χ3v) is 5.48. The van der Waals surface area contributed by atoms with Crippen LogP contribution in [0.1, 0.15) is 0 Å². The Kier molecular flexibility index (Phi) is 6.47. The van der Waals surface area contributed by atoms with Gasteiger partial charge in [-0.2, -0.15) is 10.1 Å². The zero-order chi connectivity index (χ0) is 24.0. The molecule has 0 saturated heterocycles. The quantitative estimate of drug-likeness (QED) is 0.412. The van der Waals surface area contributed by atoms with Gasteiger partial charge < -0.3 is 14.8 Å². The van der Waals surface area contributed by atoms with Gasteiger partial charge in [-0.15, -0.1) is 0 Å². The van der Waals surface area contributed by atoms with Crippen molar-refractivity contribution in [2.45, 2.75) is 6.04 Å². The summed E-state index contributed by atoms with van der Waals surface area (Å²) in [5.41, 5.74) is 2.39. The third-order valence-electron chi connectivity index (χ3n) is 5.48. The molecule has 1 aliphatic rings. The number of nitrogens with one attached hydrogen (secondary N) is 1. The van der Waals surface area contributed by atoms with Crippen LogP contribution >= 0.6 is 0 Å². The number of benzene rings is 3. The largest absolute Gasteiger partial charge is 0.497 e. The van der Waals surface area contributed by atoms with Crippen LogP contribution in [0.2, 0.25) is 0 Å². The van der Waals surface area contributed by atoms with E-state index in [0.717, 1.165) is 27.9 Å². The molecule has 35 heavy (non-hydrogen) atoms. The Balaban J connectivity index is 1.24. The second-order valence-corrected chi connectivity index (χ2v) is 8.03. The average Bonchev–Trinajstić information content (AvgIpc) is 3.34. The number of amides is 1. The van der Waals surface area contributed by atoms with E-state index in [-0.39, 0.29) is 25.1 Å². The van der Waals surface area contributed by atoms with Crippen molar-refractivity contribution >= 4 is 22.5 Å². The summed E-state index contributed by atoms with van der Waals surface area (Å²) in [5.74, 6) is 1.66. The normalized spacial score (nSPS) is 14.8. The highest BCUT2D eigenvalue weighted by atomic mass is 16.5. The summed E-state index contributed by atoms with van der Waals surface area (Å²) in [5, 5.41) is 13.7. The summed E-state index contributed by atoms with van der Waals surface area (Å²) in [6, 6.07) is 24.4. The number of para-hydroxylation sites is 2. The number of anilines is 1. The van der Waals surface area contributed by atoms with Crippen LogP contribution in [-0.2, 0) is 4.79 Å². The Morgan fingerprint density at radius 1 is 1.00 bits per heavy atom. The minimum atomic E-state index is -0.210. The third kappa shape index (κ3) is 5.35. The first-order valence-corrected chi connectivity index (χ1v) is 11.2. The highest BCUT2D eigenvalue weighted by molar-refractivity contribution is 5.92. The van der Waals surface area contributed by atoms with Crippen molar-refractivity contribution in [2.24, 2.45) is 10.3 Å². The maximum Gasteiger partial charge on any atom is 0.245 e. The minimum Gasteiger partial charge on any atom is -0.497 e. The second-order valence-electron chi connectivity index (χ2n) is 8.03. The van der Waals surface area contributed by atoms with Crippen molar-refractivity contribution in [2.75, 3.05) is 32.1 Å². The highest BCUT2D eigenvalue weighted by Crippen LogP contribution is 2.28. The molecule has 1 aliphatic heterocycles. The molecule has 1 unspecified atom stereocenters. The lowest BCUT2D eigenvalue weighted by molar-refractivity contribution is -0.117. The van der Waals surface area contributed by atoms with E-state index < -0.39 is 0 Å². The topological polar surface area (TPSA) is 101 Å². The molecule has 0 bridgehead atoms. The predicted octanol–water partition coefficient (Wildman–Crippen LogP) is 4.37. The van der Waals surface area contributed by atoms with Gasteiger partial charge >= 0.3 is 0 Å². The lowest BCUT2D eigenvalue weighted by atomic mass is 10.2. The molecule has 5 rings (SSSR count). The molecule has 1 atom stereocenters. The number of fused-ring (bicyclic) bond motifs is 1. The maximum absolute atomic E-state index is 12.3. The minimum absolute atomic E-state index is 0.118. The Hall–Kier alpha value is -4.53. The van der Waals surface area contributed by atoms with Crippen LogP contribution in [0.3, 0.4) is 0 Å². The van der Waals surface area contributed by atoms with Gasteiger partial charge in [-0.1, -0.05) is 35.6 Å². The fourth-order valence-electron chi connectivity index (χ4n) is 3.73. The molecule has 3 aromatic carbocycles. The van der Waals surface area contributed by atoms with E-state index in [4.69, 9.17) is 14.5 Å². The molecule has 0 aliphatic carbocycles. The van der Waals surface area contributed by atoms with Crippen molar-refractivity contribution < 1.29 is 14.3 Å². The van der Waals surface area contributed by atoms with Crippen LogP contribution in [-0.4, -0.2) is 53.7 Å². The van der Waals surface area contributed by atoms with E-state index in [1.807, 2.05) is 78.9 Å². The molecule has 176 valence electrons. The first kappa shape index (κ1) is 22.3. The molecular formula is C26H24N6O3. The number of aromatic nitrogens is 2. The van der Waals surface area contributed by atoms with Gasteiger partial charge in [0.2, 0.25) is 11.8 Å². The van der Waals surface area contributed by atoms with Gasteiger partial charge in [0.15, 0.2) is 5.82 Å². The van der Waals surface area contributed by atoms with E-state index in [1.165, 1.54) is 0 Å². The Morgan fingerprint density at radius 2 is 1.77 bits per heavy atom. The summed E-state index contributed by atoms with van der Waals surface area (Å²) in [6.45, 7) is 0.882. The van der Waals surface area contributed by atoms with Gasteiger partial charge in [-0.05, 0) is 48.5 Å². The average molecular weight is 469 g/mol. The second kappa shape index (κ2) is 10.2. The van der Waals surface area contributed by atoms with Crippen LogP contribution in [0.15, 0.2) is 89.2 Å². The summed E-state index contributed by atoms with van der Waals surface area (Å²) in [4.78, 5) is 21.7. The molecule has 0 fully saturated rings. The first-order valence-electron chi connectivity index (χ1n) is 11.2. The van der Waals surface area contributed by atoms with Crippen LogP contribution in [0, 0.1) is 0 Å². The molecule has 2 heterocycles. The molecule has 0 radical (unpaired) electrons. The van der Waals surface area contributed by atoms with Crippen molar-refractivity contribution in [3.05, 3.63) is 78.9 Å². The van der Waals surface area contributed by atoms with Gasteiger partial charge in [0, 0.05) is 11.3 Å². The van der Waals surface area contributed by atoms with E-state index in [0.29, 0.717) is 18.2 Å². The molecular weight excluding hydrogens is 444 g/mol. The van der Waals surface area contributed by atoms with Gasteiger partial charge in [0.25, 0.3) is 0 Å². The molecule has 9 heteroatoms. The summed E-state index contributed by atoms with van der Waals surface area (Å²) in [7, 11) is 1.63. The number of nitrogens with zero attached hydrogens (tertiary/aromatic N) is 5. The van der Waals surface area contributed by atoms with Gasteiger partial charge in [-0.25, -0.2) is 4.98 Å². The fraction of sp³-hybridized carbons (Fsp3) is 0.192. The Labute approximate surface area is 202 Å². The van der Waals surface area contributed by atoms with E-state index in [1.54, 1.807) is 12.1 Å². The van der Waals surface area contributed by atoms with Crippen molar-refractivity contribution in [3.8, 4) is 23.0 Å². The lowest BCUT2D eigenvalue weighted by Crippen LogP contribution is -2.32. The van der Waals surface area contributed by atoms with Gasteiger partial charge in [0.05, 0.1) is 24.6 Å². The van der Waals surface area contributed by atoms with E-state index in [2.05, 4.69) is 20.6 Å². The number of methoxy groups -OCH3 is 1. The molecule has 1 amide bonds. The zero-order valence-electron chi connectivity index (χ0n) is 19.2. The first-order chi connectivity index (χ1) is 17.2. The van der Waals surface area contributed by atoms with Crippen LogP contribution in [0.25, 0.3) is 22.3 Å². The SMILES string of the molecule is COc1ccc(-c2nc(OCC3CN(CC(=O)Nc4ccccc4)N=N3)c3ccccc3n2)cc1. The lowest BCUT2D eigenvalue weighted by Gasteiger charge is -2.15. The number of ether oxygens (including phenoxy) is 2. The highest BCUT2D eigenvalue weighted by Gasteiger charge is 2.23. The number of rotatable bonds is 8. The summed E-state index contributed by atoms with van der Waals surface area (Å²) in [6.07, 6.45) is 0. The maximum atomic E-state index is 12.3. The van der Waals surface area contributed by atoms with Crippen LogP contribution < -0.4 is 14.8 Å². The van der Waals surface area contributed by atoms with Crippen molar-refractivity contribution in [1.82, 2.24) is 15.0 Å². The monoisotopic (exact) mass is 468 g/mol. The standard InChI is InChI=1S/C26H24N6O3/c1-34-21-13-11-18(12-14-21)25-28-23-10-6-5-9-22(23)26(29-25)35-17-20-15-32(31-30-20)16-24(33)27-19-7-3-2-4-8-19/h2-14,20H,15-17H2,1H3,(H,27,33). The zero-order valence-corrected chi connectivity index (χ0v) is 19.2. The Morgan fingerprint density at radius 3 is 2.57 bits per heavy atom. The summed E-state index contributed by atoms with van der Waals surface area (Å²) >= 11 is 0. The molecule has 0 saturated carbocycles. The van der Waals surface area contributed by atoms with Crippen molar-refractivity contribution in [3.63, 3.8) is 0 Å².